The molecular formula is C18H14N4O3S. The Kier molecular flexibility index (Phi) is 4.10. The van der Waals surface area contributed by atoms with Gasteiger partial charge in [-0.1, -0.05) is 24.3 Å². The van der Waals surface area contributed by atoms with Gasteiger partial charge >= 0.3 is 5.97 Å². The average Bonchev–Trinajstić information content (AvgIpc) is 3.32. The second-order valence-corrected chi connectivity index (χ2v) is 6.58. The Morgan fingerprint density at radius 1 is 1.27 bits per heavy atom. The fraction of sp³-hybridized carbons (Fsp3) is 0.111. The van der Waals surface area contributed by atoms with Crippen molar-refractivity contribution in [3.63, 3.8) is 0 Å². The molecule has 0 aliphatic carbocycles. The van der Waals surface area contributed by atoms with Crippen LogP contribution in [-0.4, -0.2) is 32.8 Å². The van der Waals surface area contributed by atoms with Crippen molar-refractivity contribution in [1.29, 1.82) is 0 Å². The number of carbonyl (C=O) groups is 1. The van der Waals surface area contributed by atoms with Crippen LogP contribution in [0.2, 0.25) is 0 Å². The molecule has 8 heteroatoms. The molecular weight excluding hydrogens is 352 g/mol. The van der Waals surface area contributed by atoms with Crippen LogP contribution in [0.15, 0.2) is 53.0 Å². The van der Waals surface area contributed by atoms with Crippen molar-refractivity contribution in [2.45, 2.75) is 6.54 Å². The molecule has 0 bridgehead atoms. The third-order valence-corrected chi connectivity index (χ3v) is 4.84. The standard InChI is InChI=1S/C18H14N4O3S/c1-25-18(24)14-10-22(9-13-15(14)20-21-16(13)23)8-11-2-4-12(5-3-11)17-19-6-7-26-17/h2-7,9-10H,8H2,1H3,(H,21,23). The molecule has 7 nitrogen and oxygen atoms in total. The van der Waals surface area contributed by atoms with Gasteiger partial charge in [-0.05, 0) is 5.56 Å². The Labute approximate surface area is 152 Å². The van der Waals surface area contributed by atoms with Gasteiger partial charge < -0.3 is 9.30 Å². The molecule has 1 aromatic carbocycles. The molecule has 130 valence electrons. The normalized spacial score (nSPS) is 11.0. The summed E-state index contributed by atoms with van der Waals surface area (Å²) in [5.74, 6) is -0.532. The van der Waals surface area contributed by atoms with Crippen LogP contribution >= 0.6 is 11.3 Å². The Bertz CT molecular complexity index is 1080. The lowest BCUT2D eigenvalue weighted by atomic mass is 10.1. The number of hydrogen-bond donors (Lipinski definition) is 1. The maximum Gasteiger partial charge on any atom is 0.341 e. The molecule has 0 unspecified atom stereocenters. The minimum absolute atomic E-state index is 0.253. The fourth-order valence-electron chi connectivity index (χ4n) is 2.77. The number of fused-ring (bicyclic) bond motifs is 1. The highest BCUT2D eigenvalue weighted by Crippen LogP contribution is 2.24. The number of aromatic nitrogens is 4. The van der Waals surface area contributed by atoms with Gasteiger partial charge in [0, 0.05) is 36.1 Å². The number of aromatic amines is 1. The minimum atomic E-state index is -0.532. The highest BCUT2D eigenvalue weighted by atomic mass is 32.1. The average molecular weight is 366 g/mol. The molecule has 26 heavy (non-hydrogen) atoms. The van der Waals surface area contributed by atoms with Crippen LogP contribution in [0, 0.1) is 0 Å². The first kappa shape index (κ1) is 16.2. The monoisotopic (exact) mass is 366 g/mol. The predicted octanol–water partition coefficient (Wildman–Crippen LogP) is 2.63. The van der Waals surface area contributed by atoms with E-state index >= 15 is 0 Å². The smallest absolute Gasteiger partial charge is 0.341 e. The molecule has 0 fully saturated rings. The number of thiazole rings is 1. The molecule has 2 aliphatic heterocycles. The van der Waals surface area contributed by atoms with Gasteiger partial charge in [0.25, 0.3) is 5.56 Å². The number of nitrogens with one attached hydrogen (secondary N) is 1. The van der Waals surface area contributed by atoms with E-state index in [0.29, 0.717) is 17.8 Å². The van der Waals surface area contributed by atoms with Crippen molar-refractivity contribution in [3.05, 3.63) is 69.7 Å². The van der Waals surface area contributed by atoms with Gasteiger partial charge in [-0.3, -0.25) is 4.79 Å². The summed E-state index contributed by atoms with van der Waals surface area (Å²) in [6.07, 6.45) is 5.10. The van der Waals surface area contributed by atoms with Crippen molar-refractivity contribution >= 4 is 17.3 Å². The molecule has 0 atom stereocenters. The number of ether oxygens (including phenoxy) is 1. The number of hydrogen-bond acceptors (Lipinski definition) is 6. The summed E-state index contributed by atoms with van der Waals surface area (Å²) in [7, 11) is 1.30. The summed E-state index contributed by atoms with van der Waals surface area (Å²) in [5.41, 5.74) is 2.67. The molecule has 0 radical (unpaired) electrons. The maximum absolute atomic E-state index is 12.0. The van der Waals surface area contributed by atoms with E-state index < -0.39 is 5.97 Å². The van der Waals surface area contributed by atoms with Crippen LogP contribution in [0.5, 0.6) is 0 Å². The van der Waals surface area contributed by atoms with Crippen LogP contribution in [0.25, 0.3) is 21.8 Å². The van der Waals surface area contributed by atoms with Crippen LogP contribution in [0.3, 0.4) is 0 Å². The summed E-state index contributed by atoms with van der Waals surface area (Å²) in [6, 6.07) is 8.01. The molecule has 0 saturated heterocycles. The molecule has 0 spiro atoms. The van der Waals surface area contributed by atoms with E-state index in [2.05, 4.69) is 15.2 Å². The molecule has 0 saturated carbocycles. The number of pyridine rings is 1. The van der Waals surface area contributed by atoms with E-state index in [0.717, 1.165) is 16.1 Å². The van der Waals surface area contributed by atoms with Crippen molar-refractivity contribution < 1.29 is 9.53 Å². The zero-order chi connectivity index (χ0) is 18.1. The fourth-order valence-corrected chi connectivity index (χ4v) is 3.41. The number of rotatable bonds is 4. The van der Waals surface area contributed by atoms with Gasteiger partial charge in [0.05, 0.1) is 12.7 Å². The lowest BCUT2D eigenvalue weighted by Crippen LogP contribution is -2.12. The van der Waals surface area contributed by atoms with E-state index in [1.54, 1.807) is 34.5 Å². The van der Waals surface area contributed by atoms with Gasteiger partial charge in [-0.15, -0.1) is 11.3 Å². The van der Waals surface area contributed by atoms with Crippen LogP contribution in [0.4, 0.5) is 0 Å². The highest BCUT2D eigenvalue weighted by molar-refractivity contribution is 7.13. The third-order valence-electron chi connectivity index (χ3n) is 4.02. The first-order chi connectivity index (χ1) is 12.7. The summed E-state index contributed by atoms with van der Waals surface area (Å²) in [5, 5.41) is 9.20. The molecule has 2 aliphatic rings. The van der Waals surface area contributed by atoms with Crippen LogP contribution in [-0.2, 0) is 11.3 Å². The van der Waals surface area contributed by atoms with Crippen LogP contribution in [0.1, 0.15) is 15.9 Å². The number of nitrogens with zero attached hydrogens (tertiary/aromatic N) is 3. The number of carbonyl (C=O) groups excluding carboxylic acids is 1. The molecule has 2 aromatic rings. The lowest BCUT2D eigenvalue weighted by Gasteiger charge is -2.12. The van der Waals surface area contributed by atoms with Gasteiger partial charge in [0.15, 0.2) is 0 Å². The van der Waals surface area contributed by atoms with E-state index in [-0.39, 0.29) is 11.1 Å². The second-order valence-electron chi connectivity index (χ2n) is 5.68. The maximum atomic E-state index is 12.0. The Balaban J connectivity index is 1.68. The van der Waals surface area contributed by atoms with Crippen LogP contribution < -0.4 is 5.56 Å². The van der Waals surface area contributed by atoms with Gasteiger partial charge in [0.1, 0.15) is 16.3 Å². The second kappa shape index (κ2) is 6.57. The number of esters is 1. The molecule has 0 amide bonds. The lowest BCUT2D eigenvalue weighted by molar-refractivity contribution is 0.0600. The van der Waals surface area contributed by atoms with E-state index in [1.807, 2.05) is 29.6 Å². The quantitative estimate of drug-likeness (QED) is 0.561. The predicted molar refractivity (Wildman–Crippen MR) is 97.5 cm³/mol. The van der Waals surface area contributed by atoms with E-state index in [4.69, 9.17) is 4.74 Å². The summed E-state index contributed by atoms with van der Waals surface area (Å²) in [6.45, 7) is 0.503. The largest absolute Gasteiger partial charge is 0.465 e. The van der Waals surface area contributed by atoms with Crippen molar-refractivity contribution in [3.8, 4) is 21.8 Å². The Morgan fingerprint density at radius 3 is 2.77 bits per heavy atom. The topological polar surface area (TPSA) is 89.9 Å². The van der Waals surface area contributed by atoms with Crippen molar-refractivity contribution in [1.82, 2.24) is 19.7 Å². The number of H-pyrrole nitrogens is 1. The van der Waals surface area contributed by atoms with E-state index in [1.165, 1.54) is 7.11 Å². The van der Waals surface area contributed by atoms with E-state index in [9.17, 15) is 9.59 Å². The first-order valence-electron chi connectivity index (χ1n) is 7.81. The summed E-state index contributed by atoms with van der Waals surface area (Å²) >= 11 is 1.58. The minimum Gasteiger partial charge on any atom is -0.465 e. The van der Waals surface area contributed by atoms with Gasteiger partial charge in [-0.2, -0.15) is 5.10 Å². The van der Waals surface area contributed by atoms with Gasteiger partial charge in [-0.25, -0.2) is 14.9 Å². The summed E-state index contributed by atoms with van der Waals surface area (Å²) in [4.78, 5) is 28.2. The Hall–Kier alpha value is -3.26. The van der Waals surface area contributed by atoms with Crippen molar-refractivity contribution in [2.75, 3.05) is 7.11 Å². The molecule has 1 aromatic heterocycles. The molecule has 1 N–H and O–H groups in total. The molecule has 3 heterocycles. The van der Waals surface area contributed by atoms with Gasteiger partial charge in [0.2, 0.25) is 0 Å². The van der Waals surface area contributed by atoms with Crippen molar-refractivity contribution in [2.24, 2.45) is 0 Å². The SMILES string of the molecule is COC(=O)c1cn(Cc2ccc(-c3nccs3)cc2)cc2c(=O)[nH]nc1-2. The molecule has 4 rings (SSSR count). The zero-order valence-corrected chi connectivity index (χ0v) is 14.6. The third kappa shape index (κ3) is 2.91. The zero-order valence-electron chi connectivity index (χ0n) is 13.8. The summed E-state index contributed by atoms with van der Waals surface area (Å²) < 4.78 is 6.58. The number of benzene rings is 1. The first-order valence-corrected chi connectivity index (χ1v) is 8.69. The number of methoxy groups -OCH3 is 1. The highest BCUT2D eigenvalue weighted by Gasteiger charge is 2.21. The Morgan fingerprint density at radius 2 is 2.08 bits per heavy atom.